The number of nitrogens with two attached hydrogens (primary N) is 1. The van der Waals surface area contributed by atoms with Gasteiger partial charge < -0.3 is 11.1 Å². The quantitative estimate of drug-likeness (QED) is 0.629. The van der Waals surface area contributed by atoms with Gasteiger partial charge >= 0.3 is 0 Å². The van der Waals surface area contributed by atoms with Crippen molar-refractivity contribution in [1.29, 1.82) is 0 Å². The number of rotatable bonds is 3. The van der Waals surface area contributed by atoms with Crippen LogP contribution in [0.15, 0.2) is 35.4 Å². The summed E-state index contributed by atoms with van der Waals surface area (Å²) in [5.74, 6) is -0.352. The second kappa shape index (κ2) is 7.46. The summed E-state index contributed by atoms with van der Waals surface area (Å²) in [7, 11) is 0. The van der Waals surface area contributed by atoms with Gasteiger partial charge in [0.2, 0.25) is 0 Å². The topological polar surface area (TPSA) is 127 Å². The third-order valence-corrected chi connectivity index (χ3v) is 4.67. The Bertz CT molecular complexity index is 1130. The van der Waals surface area contributed by atoms with Crippen molar-refractivity contribution in [2.75, 3.05) is 11.1 Å². The van der Waals surface area contributed by atoms with Crippen LogP contribution in [0.1, 0.15) is 48.1 Å². The molecule has 0 fully saturated rings. The smallest absolute Gasteiger partial charge is 0.287 e. The Hall–Kier alpha value is -3.55. The fraction of sp³-hybridized carbons (Fsp3) is 0.286. The van der Waals surface area contributed by atoms with E-state index in [2.05, 4.69) is 25.5 Å². The van der Waals surface area contributed by atoms with Gasteiger partial charge in [-0.05, 0) is 31.0 Å². The molecule has 8 nitrogen and oxygen atoms in total. The number of hydrogen-bond acceptors (Lipinski definition) is 6. The molecule has 2 aromatic heterocycles. The van der Waals surface area contributed by atoms with Gasteiger partial charge in [0.15, 0.2) is 0 Å². The number of nitrogen functional groups attached to an aromatic ring is 1. The van der Waals surface area contributed by atoms with Crippen LogP contribution in [0.5, 0.6) is 0 Å². The predicted molar refractivity (Wildman–Crippen MR) is 113 cm³/mol. The molecule has 0 aliphatic carbocycles. The van der Waals surface area contributed by atoms with Crippen molar-refractivity contribution >= 4 is 17.3 Å². The van der Waals surface area contributed by atoms with Crippen molar-refractivity contribution < 1.29 is 4.79 Å². The van der Waals surface area contributed by atoms with Crippen LogP contribution in [-0.4, -0.2) is 26.1 Å². The Balaban J connectivity index is 1.93. The van der Waals surface area contributed by atoms with E-state index in [9.17, 15) is 9.59 Å². The number of hydrogen-bond donors (Lipinski definition) is 3. The van der Waals surface area contributed by atoms with E-state index in [-0.39, 0.29) is 22.7 Å². The SMILES string of the molecule is Cc1ccc(-c2cc(N)c(=O)[nH]n2)c(C)c1NC(=O)c1cnc(C(C)(C)C)cn1. The van der Waals surface area contributed by atoms with E-state index in [4.69, 9.17) is 5.73 Å². The summed E-state index contributed by atoms with van der Waals surface area (Å²) in [5.41, 5.74) is 9.85. The molecule has 8 heteroatoms. The number of carbonyl (C=O) groups excluding carboxylic acids is 1. The minimum Gasteiger partial charge on any atom is -0.394 e. The third-order valence-electron chi connectivity index (χ3n) is 4.67. The lowest BCUT2D eigenvalue weighted by Gasteiger charge is -2.17. The normalized spacial score (nSPS) is 11.3. The number of nitrogens with one attached hydrogen (secondary N) is 2. The number of amides is 1. The van der Waals surface area contributed by atoms with Gasteiger partial charge in [0, 0.05) is 22.9 Å². The highest BCUT2D eigenvalue weighted by Crippen LogP contribution is 2.30. The number of anilines is 2. The maximum atomic E-state index is 12.7. The molecule has 1 amide bonds. The first kappa shape index (κ1) is 20.2. The molecule has 1 aromatic carbocycles. The molecular weight excluding hydrogens is 368 g/mol. The average Bonchev–Trinajstić information content (AvgIpc) is 2.67. The fourth-order valence-electron chi connectivity index (χ4n) is 2.89. The van der Waals surface area contributed by atoms with Crippen LogP contribution in [0.3, 0.4) is 0 Å². The highest BCUT2D eigenvalue weighted by molar-refractivity contribution is 6.04. The Kier molecular flexibility index (Phi) is 5.19. The standard InChI is InChI=1S/C21H24N6O2/c1-11-6-7-13(15-8-14(22)19(28)27-26-15)12(2)18(11)25-20(29)16-9-24-17(10-23-16)21(3,4)5/h6-10H,1-5H3,(H2,22,26)(H,25,29)(H,27,28). The van der Waals surface area contributed by atoms with E-state index in [1.54, 1.807) is 6.20 Å². The van der Waals surface area contributed by atoms with E-state index in [1.165, 1.54) is 12.3 Å². The van der Waals surface area contributed by atoms with Gasteiger partial charge in [-0.15, -0.1) is 0 Å². The number of aryl methyl sites for hydroxylation is 1. The van der Waals surface area contributed by atoms with Crippen LogP contribution in [0.4, 0.5) is 11.4 Å². The summed E-state index contributed by atoms with van der Waals surface area (Å²) in [5, 5.41) is 9.35. The van der Waals surface area contributed by atoms with Crippen LogP contribution in [0.25, 0.3) is 11.3 Å². The molecule has 0 atom stereocenters. The molecule has 0 aliphatic heterocycles. The minimum atomic E-state index is -0.440. The molecule has 0 aliphatic rings. The van der Waals surface area contributed by atoms with Crippen molar-refractivity contribution in [1.82, 2.24) is 20.2 Å². The summed E-state index contributed by atoms with van der Waals surface area (Å²) in [6, 6.07) is 5.26. The molecule has 2 heterocycles. The van der Waals surface area contributed by atoms with E-state index in [0.29, 0.717) is 11.4 Å². The zero-order chi connectivity index (χ0) is 21.3. The lowest BCUT2D eigenvalue weighted by atomic mass is 9.93. The van der Waals surface area contributed by atoms with Crippen LogP contribution < -0.4 is 16.6 Å². The van der Waals surface area contributed by atoms with E-state index in [0.717, 1.165) is 22.4 Å². The summed E-state index contributed by atoms with van der Waals surface area (Å²) < 4.78 is 0. The molecule has 0 saturated heterocycles. The summed E-state index contributed by atoms with van der Waals surface area (Å²) >= 11 is 0. The van der Waals surface area contributed by atoms with E-state index < -0.39 is 5.56 Å². The third kappa shape index (κ3) is 4.16. The van der Waals surface area contributed by atoms with Crippen LogP contribution >= 0.6 is 0 Å². The van der Waals surface area contributed by atoms with Gasteiger partial charge in [-0.2, -0.15) is 5.10 Å². The van der Waals surface area contributed by atoms with Crippen LogP contribution in [0.2, 0.25) is 0 Å². The Morgan fingerprint density at radius 1 is 1.14 bits per heavy atom. The van der Waals surface area contributed by atoms with Crippen molar-refractivity contribution in [2.24, 2.45) is 0 Å². The summed E-state index contributed by atoms with van der Waals surface area (Å²) in [6.07, 6.45) is 3.10. The fourth-order valence-corrected chi connectivity index (χ4v) is 2.89. The highest BCUT2D eigenvalue weighted by atomic mass is 16.2. The van der Waals surface area contributed by atoms with Gasteiger partial charge in [-0.25, -0.2) is 10.1 Å². The first-order chi connectivity index (χ1) is 13.6. The second-order valence-corrected chi connectivity index (χ2v) is 7.96. The molecule has 0 spiro atoms. The zero-order valence-corrected chi connectivity index (χ0v) is 17.1. The Labute approximate surface area is 168 Å². The van der Waals surface area contributed by atoms with Crippen molar-refractivity contribution in [3.05, 3.63) is 63.5 Å². The van der Waals surface area contributed by atoms with Gasteiger partial charge in [-0.1, -0.05) is 32.9 Å². The molecular formula is C21H24N6O2. The Morgan fingerprint density at radius 2 is 1.86 bits per heavy atom. The maximum Gasteiger partial charge on any atom is 0.287 e. The summed E-state index contributed by atoms with van der Waals surface area (Å²) in [6.45, 7) is 9.87. The molecule has 0 radical (unpaired) electrons. The van der Waals surface area contributed by atoms with Crippen molar-refractivity contribution in [3.8, 4) is 11.3 Å². The second-order valence-electron chi connectivity index (χ2n) is 7.96. The number of carbonyl (C=O) groups is 1. The van der Waals surface area contributed by atoms with Gasteiger partial charge in [0.05, 0.1) is 17.6 Å². The lowest BCUT2D eigenvalue weighted by Crippen LogP contribution is -2.19. The van der Waals surface area contributed by atoms with E-state index in [1.807, 2.05) is 46.8 Å². The van der Waals surface area contributed by atoms with Crippen LogP contribution in [0, 0.1) is 13.8 Å². The van der Waals surface area contributed by atoms with Crippen LogP contribution in [-0.2, 0) is 5.41 Å². The summed E-state index contributed by atoms with van der Waals surface area (Å²) in [4.78, 5) is 32.8. The van der Waals surface area contributed by atoms with Gasteiger partial charge in [0.25, 0.3) is 11.5 Å². The molecule has 4 N–H and O–H groups in total. The van der Waals surface area contributed by atoms with Gasteiger partial charge in [0.1, 0.15) is 11.4 Å². The highest BCUT2D eigenvalue weighted by Gasteiger charge is 2.18. The maximum absolute atomic E-state index is 12.7. The molecule has 150 valence electrons. The predicted octanol–water partition coefficient (Wildman–Crippen LogP) is 2.98. The number of nitrogens with zero attached hydrogens (tertiary/aromatic N) is 3. The Morgan fingerprint density at radius 3 is 2.45 bits per heavy atom. The largest absolute Gasteiger partial charge is 0.394 e. The monoisotopic (exact) mass is 392 g/mol. The van der Waals surface area contributed by atoms with Gasteiger partial charge in [-0.3, -0.25) is 14.6 Å². The number of aromatic nitrogens is 4. The zero-order valence-electron chi connectivity index (χ0n) is 17.1. The molecule has 0 saturated carbocycles. The minimum absolute atomic E-state index is 0.0785. The molecule has 0 unspecified atom stereocenters. The molecule has 3 aromatic rings. The molecule has 0 bridgehead atoms. The van der Waals surface area contributed by atoms with Crippen molar-refractivity contribution in [2.45, 2.75) is 40.0 Å². The lowest BCUT2D eigenvalue weighted by molar-refractivity contribution is 0.102. The van der Waals surface area contributed by atoms with Crippen molar-refractivity contribution in [3.63, 3.8) is 0 Å². The number of benzene rings is 1. The average molecular weight is 392 g/mol. The first-order valence-corrected chi connectivity index (χ1v) is 9.17. The molecule has 3 rings (SSSR count). The van der Waals surface area contributed by atoms with E-state index >= 15 is 0 Å². The molecule has 29 heavy (non-hydrogen) atoms. The number of aromatic amines is 1. The number of H-pyrrole nitrogens is 1. The first-order valence-electron chi connectivity index (χ1n) is 9.17.